The van der Waals surface area contributed by atoms with Crippen molar-refractivity contribution in [1.29, 1.82) is 0 Å². The second-order valence-corrected chi connectivity index (χ2v) is 4.79. The quantitative estimate of drug-likeness (QED) is 0.628. The van der Waals surface area contributed by atoms with E-state index in [0.717, 1.165) is 24.9 Å². The van der Waals surface area contributed by atoms with Gasteiger partial charge in [0.25, 0.3) is 0 Å². The Morgan fingerprint density at radius 3 is 2.14 bits per heavy atom. The van der Waals surface area contributed by atoms with E-state index in [1.165, 1.54) is 6.54 Å². The molecule has 0 heterocycles. The highest BCUT2D eigenvalue weighted by Crippen LogP contribution is 2.13. The topological polar surface area (TPSA) is 12.5 Å². The van der Waals surface area contributed by atoms with Crippen LogP contribution < -0.4 is 0 Å². The number of methoxy groups -OCH3 is 1. The molecule has 0 fully saturated rings. The summed E-state index contributed by atoms with van der Waals surface area (Å²) in [6.45, 7) is 11.2. The van der Waals surface area contributed by atoms with Crippen LogP contribution in [0.3, 0.4) is 0 Å². The van der Waals surface area contributed by atoms with Gasteiger partial charge >= 0.3 is 0 Å². The van der Waals surface area contributed by atoms with Gasteiger partial charge in [-0.3, -0.25) is 0 Å². The van der Waals surface area contributed by atoms with Crippen molar-refractivity contribution in [3.05, 3.63) is 0 Å². The molecule has 0 aliphatic heterocycles. The Hall–Kier alpha value is -0.0800. The highest BCUT2D eigenvalue weighted by molar-refractivity contribution is 4.67. The zero-order valence-corrected chi connectivity index (χ0v) is 10.7. The van der Waals surface area contributed by atoms with E-state index in [2.05, 4.69) is 39.6 Å². The van der Waals surface area contributed by atoms with E-state index in [1.807, 2.05) is 0 Å². The molecule has 0 amide bonds. The molecule has 0 rings (SSSR count). The number of rotatable bonds is 7. The largest absolute Gasteiger partial charge is 0.385 e. The second kappa shape index (κ2) is 7.24. The lowest BCUT2D eigenvalue weighted by Crippen LogP contribution is -2.35. The molecule has 2 nitrogen and oxygen atoms in total. The predicted octanol–water partition coefficient (Wildman–Crippen LogP) is 2.64. The Kier molecular flexibility index (Phi) is 7.20. The minimum Gasteiger partial charge on any atom is -0.385 e. The van der Waals surface area contributed by atoms with Crippen LogP contribution in [0, 0.1) is 11.8 Å². The molecule has 2 unspecified atom stereocenters. The molecule has 0 spiro atoms. The molecular formula is C12H27NO. The highest BCUT2D eigenvalue weighted by atomic mass is 16.5. The third-order valence-electron chi connectivity index (χ3n) is 3.21. The average Bonchev–Trinajstić information content (AvgIpc) is 2.13. The Morgan fingerprint density at radius 1 is 1.14 bits per heavy atom. The maximum Gasteiger partial charge on any atom is 0.0477 e. The molecule has 0 aromatic carbocycles. The summed E-state index contributed by atoms with van der Waals surface area (Å²) >= 11 is 0. The molecule has 2 atom stereocenters. The first-order chi connectivity index (χ1) is 6.49. The van der Waals surface area contributed by atoms with Crippen molar-refractivity contribution in [1.82, 2.24) is 4.90 Å². The molecule has 0 N–H and O–H groups in total. The van der Waals surface area contributed by atoms with Gasteiger partial charge in [0.1, 0.15) is 0 Å². The summed E-state index contributed by atoms with van der Waals surface area (Å²) in [5.74, 6) is 1.54. The van der Waals surface area contributed by atoms with Crippen LogP contribution in [0.25, 0.3) is 0 Å². The van der Waals surface area contributed by atoms with E-state index in [0.29, 0.717) is 6.04 Å². The Bertz CT molecular complexity index is 136. The number of hydrogen-bond acceptors (Lipinski definition) is 2. The van der Waals surface area contributed by atoms with Crippen LogP contribution in [-0.2, 0) is 4.74 Å². The van der Waals surface area contributed by atoms with Crippen molar-refractivity contribution >= 4 is 0 Å². The van der Waals surface area contributed by atoms with E-state index in [1.54, 1.807) is 7.11 Å². The third kappa shape index (κ3) is 5.61. The molecule has 0 saturated heterocycles. The molecule has 0 saturated carbocycles. The van der Waals surface area contributed by atoms with Gasteiger partial charge in [0, 0.05) is 26.3 Å². The molecule has 0 aromatic rings. The molecule has 0 aliphatic rings. The van der Waals surface area contributed by atoms with Crippen LogP contribution in [0.1, 0.15) is 34.1 Å². The number of hydrogen-bond donors (Lipinski definition) is 0. The van der Waals surface area contributed by atoms with Crippen molar-refractivity contribution in [2.45, 2.75) is 40.2 Å². The van der Waals surface area contributed by atoms with E-state index in [4.69, 9.17) is 4.74 Å². The van der Waals surface area contributed by atoms with Gasteiger partial charge in [-0.25, -0.2) is 0 Å². The standard InChI is InChI=1S/C12H27NO/c1-10(2)11(3)9-13(5)12(4)7-8-14-6/h10-12H,7-9H2,1-6H3. The molecule has 0 aliphatic carbocycles. The van der Waals surface area contributed by atoms with Gasteiger partial charge in [-0.15, -0.1) is 0 Å². The fourth-order valence-electron chi connectivity index (χ4n) is 1.35. The minimum atomic E-state index is 0.621. The first kappa shape index (κ1) is 13.9. The summed E-state index contributed by atoms with van der Waals surface area (Å²) in [7, 11) is 3.97. The van der Waals surface area contributed by atoms with Crippen molar-refractivity contribution in [3.8, 4) is 0 Å². The molecule has 14 heavy (non-hydrogen) atoms. The van der Waals surface area contributed by atoms with Gasteiger partial charge in [-0.1, -0.05) is 20.8 Å². The van der Waals surface area contributed by atoms with Crippen molar-refractivity contribution < 1.29 is 4.74 Å². The second-order valence-electron chi connectivity index (χ2n) is 4.79. The third-order valence-corrected chi connectivity index (χ3v) is 3.21. The minimum absolute atomic E-state index is 0.621. The summed E-state index contributed by atoms with van der Waals surface area (Å²) < 4.78 is 5.09. The molecule has 2 heteroatoms. The molecule has 0 bridgehead atoms. The van der Waals surface area contributed by atoms with Gasteiger partial charge in [-0.2, -0.15) is 0 Å². The van der Waals surface area contributed by atoms with Gasteiger partial charge in [-0.05, 0) is 32.2 Å². The maximum absolute atomic E-state index is 5.09. The summed E-state index contributed by atoms with van der Waals surface area (Å²) in [6.07, 6.45) is 1.12. The summed E-state index contributed by atoms with van der Waals surface area (Å²) in [6, 6.07) is 0.621. The van der Waals surface area contributed by atoms with E-state index in [9.17, 15) is 0 Å². The van der Waals surface area contributed by atoms with Crippen LogP contribution in [0.4, 0.5) is 0 Å². The smallest absolute Gasteiger partial charge is 0.0477 e. The molecule has 0 aromatic heterocycles. The van der Waals surface area contributed by atoms with Crippen LogP contribution in [0.2, 0.25) is 0 Å². The lowest BCUT2D eigenvalue weighted by Gasteiger charge is -2.29. The Morgan fingerprint density at radius 2 is 1.71 bits per heavy atom. The van der Waals surface area contributed by atoms with Gasteiger partial charge in [0.15, 0.2) is 0 Å². The average molecular weight is 201 g/mol. The maximum atomic E-state index is 5.09. The zero-order valence-electron chi connectivity index (χ0n) is 10.7. The summed E-state index contributed by atoms with van der Waals surface area (Å²) in [5.41, 5.74) is 0. The Balaban J connectivity index is 3.76. The van der Waals surface area contributed by atoms with Crippen LogP contribution >= 0.6 is 0 Å². The lowest BCUT2D eigenvalue weighted by atomic mass is 9.97. The Labute approximate surface area is 89.6 Å². The number of nitrogens with zero attached hydrogens (tertiary/aromatic N) is 1. The van der Waals surface area contributed by atoms with E-state index >= 15 is 0 Å². The summed E-state index contributed by atoms with van der Waals surface area (Å²) in [4.78, 5) is 2.43. The predicted molar refractivity (Wildman–Crippen MR) is 62.6 cm³/mol. The van der Waals surface area contributed by atoms with Gasteiger partial charge in [0.05, 0.1) is 0 Å². The fourth-order valence-corrected chi connectivity index (χ4v) is 1.35. The van der Waals surface area contributed by atoms with Crippen molar-refractivity contribution in [2.75, 3.05) is 27.3 Å². The molecule has 0 radical (unpaired) electrons. The van der Waals surface area contributed by atoms with Gasteiger partial charge < -0.3 is 9.64 Å². The zero-order chi connectivity index (χ0) is 11.1. The van der Waals surface area contributed by atoms with Gasteiger partial charge in [0.2, 0.25) is 0 Å². The first-order valence-corrected chi connectivity index (χ1v) is 5.68. The lowest BCUT2D eigenvalue weighted by molar-refractivity contribution is 0.138. The van der Waals surface area contributed by atoms with E-state index in [-0.39, 0.29) is 0 Å². The SMILES string of the molecule is COCCC(C)N(C)CC(C)C(C)C. The number of ether oxygens (including phenoxy) is 1. The van der Waals surface area contributed by atoms with Crippen LogP contribution in [0.15, 0.2) is 0 Å². The van der Waals surface area contributed by atoms with Crippen LogP contribution in [-0.4, -0.2) is 38.3 Å². The van der Waals surface area contributed by atoms with E-state index < -0.39 is 0 Å². The first-order valence-electron chi connectivity index (χ1n) is 5.68. The summed E-state index contributed by atoms with van der Waals surface area (Å²) in [5, 5.41) is 0. The fraction of sp³-hybridized carbons (Fsp3) is 1.00. The monoisotopic (exact) mass is 201 g/mol. The normalized spacial score (nSPS) is 16.3. The molecule has 86 valence electrons. The highest BCUT2D eigenvalue weighted by Gasteiger charge is 2.14. The van der Waals surface area contributed by atoms with Crippen molar-refractivity contribution in [3.63, 3.8) is 0 Å². The molecular weight excluding hydrogens is 174 g/mol. The van der Waals surface area contributed by atoms with Crippen LogP contribution in [0.5, 0.6) is 0 Å². The van der Waals surface area contributed by atoms with Crippen molar-refractivity contribution in [2.24, 2.45) is 11.8 Å².